The molecule has 11 aliphatic heterocycles. The van der Waals surface area contributed by atoms with Crippen molar-refractivity contribution < 1.29 is 277 Å². The minimum atomic E-state index is -2.66. The molecular formula is C74H124N4O56. The maximum atomic E-state index is 13.2. The first-order valence-corrected chi connectivity index (χ1v) is 42.7. The van der Waals surface area contributed by atoms with Crippen molar-refractivity contribution in [3.05, 3.63) is 0 Å². The molecule has 134 heavy (non-hydrogen) atoms. The summed E-state index contributed by atoms with van der Waals surface area (Å²) in [6.45, 7) is -8.91. The number of ether oxygens (including phenoxy) is 21. The molecule has 0 aromatic rings. The number of amides is 4. The lowest BCUT2D eigenvalue weighted by atomic mass is 9.93. The molecule has 35 N–H and O–H groups in total. The van der Waals surface area contributed by atoms with E-state index in [0.29, 0.717) is 0 Å². The van der Waals surface area contributed by atoms with E-state index in [9.17, 15) is 177 Å². The van der Waals surface area contributed by atoms with Crippen LogP contribution < -0.4 is 21.3 Å². The van der Waals surface area contributed by atoms with Crippen LogP contribution in [0.4, 0.5) is 0 Å². The maximum absolute atomic E-state index is 13.2. The van der Waals surface area contributed by atoms with Crippen LogP contribution in [0.25, 0.3) is 0 Å². The molecule has 0 aromatic carbocycles. The number of nitrogens with one attached hydrogen (secondary N) is 4. The van der Waals surface area contributed by atoms with E-state index in [1.807, 2.05) is 0 Å². The minimum absolute atomic E-state index is 0.816. The van der Waals surface area contributed by atoms with Gasteiger partial charge in [0.05, 0.1) is 72.7 Å². The van der Waals surface area contributed by atoms with Gasteiger partial charge in [-0.25, -0.2) is 0 Å². The summed E-state index contributed by atoms with van der Waals surface area (Å²) in [5.74, 6) is -3.84. The van der Waals surface area contributed by atoms with E-state index in [4.69, 9.17) is 99.5 Å². The number of rotatable bonds is 35. The van der Waals surface area contributed by atoms with Crippen LogP contribution in [0.1, 0.15) is 27.7 Å². The van der Waals surface area contributed by atoms with Crippen molar-refractivity contribution in [2.75, 3.05) is 72.7 Å². The first kappa shape index (κ1) is 110. The number of carbonyl (C=O) groups is 4. The van der Waals surface area contributed by atoms with Crippen LogP contribution >= 0.6 is 0 Å². The van der Waals surface area contributed by atoms with Crippen LogP contribution in [0.2, 0.25) is 0 Å². The molecule has 11 rings (SSSR count). The van der Waals surface area contributed by atoms with Crippen molar-refractivity contribution in [1.82, 2.24) is 21.3 Å². The molecule has 776 valence electrons. The highest BCUT2D eigenvalue weighted by Gasteiger charge is 2.63. The van der Waals surface area contributed by atoms with Gasteiger partial charge in [0.2, 0.25) is 23.6 Å². The van der Waals surface area contributed by atoms with E-state index < -0.39 is 434 Å². The molecule has 0 spiro atoms. The Morgan fingerprint density at radius 3 is 0.716 bits per heavy atom. The molecule has 11 heterocycles. The van der Waals surface area contributed by atoms with Crippen LogP contribution in [0.15, 0.2) is 0 Å². The smallest absolute Gasteiger partial charge is 0.217 e. The minimum Gasteiger partial charge on any atom is -0.394 e. The van der Waals surface area contributed by atoms with Gasteiger partial charge < -0.3 is 279 Å². The molecule has 11 fully saturated rings. The van der Waals surface area contributed by atoms with Gasteiger partial charge in [0.15, 0.2) is 69.2 Å². The van der Waals surface area contributed by atoms with Crippen molar-refractivity contribution in [1.29, 1.82) is 0 Å². The van der Waals surface area contributed by atoms with Gasteiger partial charge in [-0.15, -0.1) is 0 Å². The average molecular weight is 1970 g/mol. The maximum Gasteiger partial charge on any atom is 0.217 e. The SMILES string of the molecule is CC(=O)N[C@@H]1[C@@H](O)[C@H](O[C@@H]2O[C@H](CO)[C@@H](O[C@@H]3O[C@H](CO[C@@H]4O[C@H](CO)[C@@H](O)[C@H](O)[C@@H]4O[C@@H]4O[C@H](CO)[C@@H](O[C@@H]5O[C@H](CO)[C@H](O)[C@H](O[C@H]6O[C@H](CO)[C@H](O)[C@H](O)[C@H]6O)[C@H]5O)[C@H](O)[C@H]4NC(C)=O)[C@@H](O)[C@H](O[C@@H]4O[C@H](CO)[C@@H](O)[C@H](O)[C@@H]4O[C@@H]4O[C@H](CO)[C@@H](O[C@@H]5O[C@H](CO)[C@H](O)[C@H](O[C@H]6O[C@H](CO)[C@H](O)[C@H](O)[C@H]6O)[C@H]5O)[C@H](O)[C@H]4NC(C)=O)[C@@H]3O)[C@H](O)[C@H]2NC(C)=O)[C@@H](CO)O[C@H]1O. The van der Waals surface area contributed by atoms with E-state index in [1.165, 1.54) is 0 Å². The normalized spacial score (nSPS) is 49.8. The summed E-state index contributed by atoms with van der Waals surface area (Å²) >= 11 is 0. The second kappa shape index (κ2) is 48.3. The van der Waals surface area contributed by atoms with Gasteiger partial charge in [0.1, 0.15) is 268 Å². The van der Waals surface area contributed by atoms with Crippen molar-refractivity contribution in [3.8, 4) is 0 Å². The Morgan fingerprint density at radius 1 is 0.194 bits per heavy atom. The largest absolute Gasteiger partial charge is 0.394 e. The van der Waals surface area contributed by atoms with Crippen molar-refractivity contribution in [2.45, 2.75) is 365 Å². The third-order valence-corrected chi connectivity index (χ3v) is 24.6. The number of aliphatic hydroxyl groups excluding tert-OH is 31. The molecular weight excluding hydrogens is 1840 g/mol. The molecule has 55 atom stereocenters. The molecule has 60 heteroatoms. The van der Waals surface area contributed by atoms with Gasteiger partial charge >= 0.3 is 0 Å². The Hall–Kier alpha value is -4.20. The van der Waals surface area contributed by atoms with Crippen molar-refractivity contribution in [2.24, 2.45) is 0 Å². The van der Waals surface area contributed by atoms with E-state index in [1.54, 1.807) is 0 Å². The highest BCUT2D eigenvalue weighted by atomic mass is 16.8. The monoisotopic (exact) mass is 1960 g/mol. The standard InChI is InChI=1S/C74H124N4O56/c1-16(89)75-31-42(100)55(26(11-85)115-64(31)113)126-65-32(76-17(2)90)43(101)58(27(12-86)122-65)129-72-54(112)61(132-74-63(49(107)38(96)23(8-82)121-74)134-67-34(78-19(4)92)45(103)57(29(14-88)124-67)128-71-53(111)60(40(98)25(10-84)119-71)131-69-51(109)47(105)36(94)21(6-80)117-69)41(99)30(125-72)15-114-73-62(48(106)37(95)22(7-81)120-73)133-66-33(77-18(3)91)44(102)56(28(13-87)123-66)127-70-52(110)59(39(97)24(9-83)118-70)130-68-50(108)46(104)35(93)20(5-79)116-68/h20-74,79-88,93-113H,5-15H2,1-4H3,(H,75,89)(H,76,90)(H,77,91)(H,78,92)/t20-,21-,22-,23-,24-,25-,26-,27-,28-,29-,30-,31-,32-,33-,34-,35+,36+,37-,38-,39+,40+,41-,42-,43-,44-,45-,46+,47+,48+,49+,50-,51-,52-,53-,54+,55-,56-,57-,58-,59+,60+,61+,62+,63+,64-,65+,66+,67+,68-,69-,70+,71+,72+,73-,74+/m1/s1. The summed E-state index contributed by atoms with van der Waals surface area (Å²) in [4.78, 5) is 51.7. The topological polar surface area (TPSA) is 937 Å². The molecule has 0 aromatic heterocycles. The van der Waals surface area contributed by atoms with Crippen LogP contribution in [0, 0.1) is 0 Å². The lowest BCUT2D eigenvalue weighted by molar-refractivity contribution is -0.400. The third-order valence-electron chi connectivity index (χ3n) is 24.6. The first-order chi connectivity index (χ1) is 63.5. The predicted octanol–water partition coefficient (Wildman–Crippen LogP) is -24.4. The Balaban J connectivity index is 0.899. The molecule has 4 amide bonds. The fourth-order valence-corrected chi connectivity index (χ4v) is 17.4. The van der Waals surface area contributed by atoms with Gasteiger partial charge in [-0.05, 0) is 0 Å². The lowest BCUT2D eigenvalue weighted by Gasteiger charge is -2.51. The third kappa shape index (κ3) is 24.0. The molecule has 0 radical (unpaired) electrons. The fraction of sp³-hybridized carbons (Fsp3) is 0.946. The summed E-state index contributed by atoms with van der Waals surface area (Å²) in [6, 6.07) is -7.79. The van der Waals surface area contributed by atoms with Crippen LogP contribution in [0.5, 0.6) is 0 Å². The van der Waals surface area contributed by atoms with Gasteiger partial charge in [0, 0.05) is 27.7 Å². The summed E-state index contributed by atoms with van der Waals surface area (Å²) in [5, 5.41) is 356. The zero-order chi connectivity index (χ0) is 98.5. The number of aliphatic hydroxyl groups is 31. The Morgan fingerprint density at radius 2 is 0.403 bits per heavy atom. The van der Waals surface area contributed by atoms with E-state index in [0.717, 1.165) is 27.7 Å². The molecule has 60 nitrogen and oxygen atoms in total. The summed E-state index contributed by atoms with van der Waals surface area (Å²) in [5.41, 5.74) is 0. The number of hydrogen-bond donors (Lipinski definition) is 35. The molecule has 0 unspecified atom stereocenters. The number of hydrogen-bond acceptors (Lipinski definition) is 56. The Bertz CT molecular complexity index is 3650. The highest BCUT2D eigenvalue weighted by molar-refractivity contribution is 5.74. The molecule has 11 aliphatic rings. The zero-order valence-corrected chi connectivity index (χ0v) is 71.6. The molecule has 0 saturated carbocycles. The van der Waals surface area contributed by atoms with Gasteiger partial charge in [-0.2, -0.15) is 0 Å². The molecule has 0 bridgehead atoms. The van der Waals surface area contributed by atoms with Gasteiger partial charge in [-0.1, -0.05) is 0 Å². The zero-order valence-electron chi connectivity index (χ0n) is 71.6. The van der Waals surface area contributed by atoms with E-state index >= 15 is 0 Å². The van der Waals surface area contributed by atoms with Gasteiger partial charge in [-0.3, -0.25) is 19.2 Å². The first-order valence-electron chi connectivity index (χ1n) is 42.7. The lowest BCUT2D eigenvalue weighted by Crippen LogP contribution is -2.71. The predicted molar refractivity (Wildman–Crippen MR) is 409 cm³/mol. The Kier molecular flexibility index (Phi) is 39.7. The van der Waals surface area contributed by atoms with Crippen LogP contribution in [-0.4, -0.2) is 592 Å². The second-order valence-corrected chi connectivity index (χ2v) is 33.8. The fourth-order valence-electron chi connectivity index (χ4n) is 17.4. The quantitative estimate of drug-likeness (QED) is 0.0280. The van der Waals surface area contributed by atoms with Crippen molar-refractivity contribution in [3.63, 3.8) is 0 Å². The highest BCUT2D eigenvalue weighted by Crippen LogP contribution is 2.42. The van der Waals surface area contributed by atoms with E-state index in [2.05, 4.69) is 21.3 Å². The molecule has 11 saturated heterocycles. The second-order valence-electron chi connectivity index (χ2n) is 33.8. The van der Waals surface area contributed by atoms with Crippen LogP contribution in [-0.2, 0) is 119 Å². The average Bonchev–Trinajstić information content (AvgIpc) is 0.779. The van der Waals surface area contributed by atoms with E-state index in [-0.39, 0.29) is 0 Å². The van der Waals surface area contributed by atoms with Crippen molar-refractivity contribution >= 4 is 23.6 Å². The summed E-state index contributed by atoms with van der Waals surface area (Å²) in [6.07, 6.45) is -109. The Labute approximate surface area is 757 Å². The molecule has 0 aliphatic carbocycles. The van der Waals surface area contributed by atoms with Crippen LogP contribution in [0.3, 0.4) is 0 Å². The summed E-state index contributed by atoms with van der Waals surface area (Å²) in [7, 11) is 0. The number of carbonyl (C=O) groups excluding carboxylic acids is 4. The van der Waals surface area contributed by atoms with Gasteiger partial charge in [0.25, 0.3) is 0 Å². The summed E-state index contributed by atoms with van der Waals surface area (Å²) < 4.78 is 124.